The number of nitrogen functional groups attached to an aromatic ring is 1. The minimum absolute atomic E-state index is 0.0226. The van der Waals surface area contributed by atoms with Gasteiger partial charge in [0, 0.05) is 22.3 Å². The highest BCUT2D eigenvalue weighted by Gasteiger charge is 2.05. The van der Waals surface area contributed by atoms with Gasteiger partial charge in [0.25, 0.3) is 5.91 Å². The minimum Gasteiger partial charge on any atom is -0.398 e. The predicted molar refractivity (Wildman–Crippen MR) is 56.9 cm³/mol. The molecule has 0 bridgehead atoms. The molecule has 0 aliphatic rings. The molecule has 3 N–H and O–H groups in total. The highest BCUT2D eigenvalue weighted by molar-refractivity contribution is 9.10. The van der Waals surface area contributed by atoms with Crippen LogP contribution in [0.4, 0.5) is 10.1 Å². The molecule has 76 valence electrons. The molecule has 0 aliphatic heterocycles. The Balaban J connectivity index is 2.76. The second kappa shape index (κ2) is 4.95. The Morgan fingerprint density at radius 2 is 2.29 bits per heavy atom. The summed E-state index contributed by atoms with van der Waals surface area (Å²) < 4.78 is 12.5. The van der Waals surface area contributed by atoms with E-state index in [4.69, 9.17) is 5.73 Å². The monoisotopic (exact) mass is 260 g/mol. The first-order valence-corrected chi connectivity index (χ1v) is 4.83. The third-order valence-corrected chi connectivity index (χ3v) is 2.36. The maximum atomic E-state index is 11.8. The number of anilines is 1. The SMILES string of the molecule is Nc1cc(C(=O)NCCF)ccc1Br. The molecule has 0 heterocycles. The molecule has 14 heavy (non-hydrogen) atoms. The van der Waals surface area contributed by atoms with Crippen molar-refractivity contribution in [3.05, 3.63) is 28.2 Å². The number of amides is 1. The van der Waals surface area contributed by atoms with Crippen molar-refractivity contribution in [1.29, 1.82) is 0 Å². The van der Waals surface area contributed by atoms with Crippen LogP contribution in [0.2, 0.25) is 0 Å². The van der Waals surface area contributed by atoms with Crippen molar-refractivity contribution in [2.45, 2.75) is 0 Å². The van der Waals surface area contributed by atoms with Crippen molar-refractivity contribution in [2.24, 2.45) is 0 Å². The third-order valence-electron chi connectivity index (χ3n) is 1.64. The first-order valence-electron chi connectivity index (χ1n) is 4.04. The van der Waals surface area contributed by atoms with Gasteiger partial charge in [0.15, 0.2) is 0 Å². The van der Waals surface area contributed by atoms with Crippen LogP contribution in [0, 0.1) is 0 Å². The summed E-state index contributed by atoms with van der Waals surface area (Å²) in [7, 11) is 0. The Kier molecular flexibility index (Phi) is 3.88. The highest BCUT2D eigenvalue weighted by Crippen LogP contribution is 2.19. The Labute approximate surface area is 89.6 Å². The van der Waals surface area contributed by atoms with Gasteiger partial charge in [-0.2, -0.15) is 0 Å². The van der Waals surface area contributed by atoms with E-state index in [9.17, 15) is 9.18 Å². The molecule has 1 amide bonds. The maximum Gasteiger partial charge on any atom is 0.251 e. The summed E-state index contributed by atoms with van der Waals surface area (Å²) in [6.07, 6.45) is 0. The fourth-order valence-corrected chi connectivity index (χ4v) is 1.19. The van der Waals surface area contributed by atoms with Gasteiger partial charge in [-0.1, -0.05) is 0 Å². The van der Waals surface area contributed by atoms with Crippen LogP contribution < -0.4 is 11.1 Å². The quantitative estimate of drug-likeness (QED) is 0.814. The number of benzene rings is 1. The van der Waals surface area contributed by atoms with Gasteiger partial charge >= 0.3 is 0 Å². The summed E-state index contributed by atoms with van der Waals surface area (Å²) in [5.41, 5.74) is 6.50. The van der Waals surface area contributed by atoms with Crippen molar-refractivity contribution in [3.8, 4) is 0 Å². The van der Waals surface area contributed by atoms with Crippen LogP contribution in [-0.2, 0) is 0 Å². The molecule has 0 unspecified atom stereocenters. The summed E-state index contributed by atoms with van der Waals surface area (Å²) in [5, 5.41) is 2.41. The molecule has 3 nitrogen and oxygen atoms in total. The molecule has 5 heteroatoms. The first kappa shape index (κ1) is 11.0. The number of rotatable bonds is 3. The van der Waals surface area contributed by atoms with Crippen LogP contribution in [0.25, 0.3) is 0 Å². The lowest BCUT2D eigenvalue weighted by molar-refractivity contribution is 0.0951. The molecule has 0 atom stereocenters. The number of carbonyl (C=O) groups is 1. The van der Waals surface area contributed by atoms with Crippen molar-refractivity contribution >= 4 is 27.5 Å². The Bertz CT molecular complexity index is 344. The number of nitrogens with two attached hydrogens (primary N) is 1. The zero-order chi connectivity index (χ0) is 10.6. The zero-order valence-corrected chi connectivity index (χ0v) is 8.97. The van der Waals surface area contributed by atoms with E-state index in [0.717, 1.165) is 4.47 Å². The van der Waals surface area contributed by atoms with Gasteiger partial charge in [0.1, 0.15) is 6.67 Å². The number of halogens is 2. The number of hydrogen-bond donors (Lipinski definition) is 2. The third kappa shape index (κ3) is 2.70. The van der Waals surface area contributed by atoms with Gasteiger partial charge in [-0.15, -0.1) is 0 Å². The average molecular weight is 261 g/mol. The molecule has 0 radical (unpaired) electrons. The number of nitrogens with one attached hydrogen (secondary N) is 1. The molecular formula is C9H10BrFN2O. The zero-order valence-electron chi connectivity index (χ0n) is 7.39. The van der Waals surface area contributed by atoms with Crippen molar-refractivity contribution in [3.63, 3.8) is 0 Å². The van der Waals surface area contributed by atoms with Crippen LogP contribution in [0.1, 0.15) is 10.4 Å². The molecule has 0 aliphatic carbocycles. The second-order valence-corrected chi connectivity index (χ2v) is 3.54. The van der Waals surface area contributed by atoms with E-state index in [0.29, 0.717) is 11.3 Å². The number of alkyl halides is 1. The maximum absolute atomic E-state index is 11.8. The Morgan fingerprint density at radius 1 is 1.57 bits per heavy atom. The van der Waals surface area contributed by atoms with E-state index in [-0.39, 0.29) is 12.5 Å². The van der Waals surface area contributed by atoms with E-state index in [1.807, 2.05) is 0 Å². The van der Waals surface area contributed by atoms with Gasteiger partial charge in [-0.05, 0) is 34.1 Å². The molecule has 0 saturated carbocycles. The lowest BCUT2D eigenvalue weighted by atomic mass is 10.2. The smallest absolute Gasteiger partial charge is 0.251 e. The lowest BCUT2D eigenvalue weighted by Gasteiger charge is -2.04. The Morgan fingerprint density at radius 3 is 2.86 bits per heavy atom. The van der Waals surface area contributed by atoms with Gasteiger partial charge in [0.05, 0.1) is 0 Å². The standard InChI is InChI=1S/C9H10BrFN2O/c10-7-2-1-6(5-8(7)12)9(14)13-4-3-11/h1-2,5H,3-4,12H2,(H,13,14). The molecule has 0 aromatic heterocycles. The van der Waals surface area contributed by atoms with Crippen LogP contribution in [0.15, 0.2) is 22.7 Å². The molecule has 0 saturated heterocycles. The highest BCUT2D eigenvalue weighted by atomic mass is 79.9. The summed E-state index contributed by atoms with van der Waals surface area (Å²) in [6, 6.07) is 4.84. The van der Waals surface area contributed by atoms with Crippen molar-refractivity contribution in [2.75, 3.05) is 19.0 Å². The fourth-order valence-electron chi connectivity index (χ4n) is 0.948. The van der Waals surface area contributed by atoms with Gasteiger partial charge in [-0.3, -0.25) is 4.79 Å². The normalized spacial score (nSPS) is 9.86. The van der Waals surface area contributed by atoms with Gasteiger partial charge in [-0.25, -0.2) is 4.39 Å². The average Bonchev–Trinajstić information content (AvgIpc) is 2.18. The van der Waals surface area contributed by atoms with E-state index in [1.54, 1.807) is 12.1 Å². The molecule has 0 spiro atoms. The first-order chi connectivity index (χ1) is 6.65. The summed E-state index contributed by atoms with van der Waals surface area (Å²) in [5.74, 6) is -0.318. The fraction of sp³-hybridized carbons (Fsp3) is 0.222. The summed E-state index contributed by atoms with van der Waals surface area (Å²) >= 11 is 3.21. The van der Waals surface area contributed by atoms with E-state index in [2.05, 4.69) is 21.2 Å². The van der Waals surface area contributed by atoms with E-state index < -0.39 is 6.67 Å². The van der Waals surface area contributed by atoms with Crippen LogP contribution in [0.5, 0.6) is 0 Å². The van der Waals surface area contributed by atoms with Crippen molar-refractivity contribution < 1.29 is 9.18 Å². The number of carbonyl (C=O) groups excluding carboxylic acids is 1. The summed E-state index contributed by atoms with van der Waals surface area (Å²) in [4.78, 5) is 11.3. The van der Waals surface area contributed by atoms with E-state index in [1.165, 1.54) is 6.07 Å². The summed E-state index contributed by atoms with van der Waals surface area (Å²) in [6.45, 7) is -0.549. The predicted octanol–water partition coefficient (Wildman–Crippen LogP) is 1.73. The molecule has 0 fully saturated rings. The number of hydrogen-bond acceptors (Lipinski definition) is 2. The van der Waals surface area contributed by atoms with E-state index >= 15 is 0 Å². The second-order valence-electron chi connectivity index (χ2n) is 2.68. The molecular weight excluding hydrogens is 251 g/mol. The molecule has 1 aromatic rings. The van der Waals surface area contributed by atoms with Crippen LogP contribution >= 0.6 is 15.9 Å². The Hall–Kier alpha value is -1.10. The van der Waals surface area contributed by atoms with Crippen LogP contribution in [0.3, 0.4) is 0 Å². The van der Waals surface area contributed by atoms with Gasteiger partial charge in [0.2, 0.25) is 0 Å². The topological polar surface area (TPSA) is 55.1 Å². The lowest BCUT2D eigenvalue weighted by Crippen LogP contribution is -2.25. The van der Waals surface area contributed by atoms with Gasteiger partial charge < -0.3 is 11.1 Å². The largest absolute Gasteiger partial charge is 0.398 e. The molecule has 1 rings (SSSR count). The van der Waals surface area contributed by atoms with Crippen LogP contribution in [-0.4, -0.2) is 19.1 Å². The molecule has 1 aromatic carbocycles. The van der Waals surface area contributed by atoms with Crippen molar-refractivity contribution in [1.82, 2.24) is 5.32 Å². The minimum atomic E-state index is -0.572.